The molecule has 3 heteroatoms. The minimum absolute atomic E-state index is 0.122. The summed E-state index contributed by atoms with van der Waals surface area (Å²) in [6.07, 6.45) is 1.84. The Morgan fingerprint density at radius 1 is 1.85 bits per heavy atom. The van der Waals surface area contributed by atoms with Crippen molar-refractivity contribution in [2.75, 3.05) is 13.1 Å². The van der Waals surface area contributed by atoms with Gasteiger partial charge in [-0.2, -0.15) is 0 Å². The van der Waals surface area contributed by atoms with E-state index in [1.807, 2.05) is 23.6 Å². The second-order valence-electron chi connectivity index (χ2n) is 3.10. The van der Waals surface area contributed by atoms with Gasteiger partial charge in [0.15, 0.2) is 5.78 Å². The van der Waals surface area contributed by atoms with Crippen LogP contribution >= 0.6 is 11.3 Å². The molecule has 0 amide bonds. The number of rotatable bonds is 4. The summed E-state index contributed by atoms with van der Waals surface area (Å²) in [6.45, 7) is 5.36. The molecule has 0 radical (unpaired) electrons. The standard InChI is InChI=1S/C10H11NOS/c1-2-5-11-7-8(11)10(12)9-4-3-6-13-9/h2-4,6,8H,1,5,7H2. The molecule has 2 unspecified atom stereocenters. The molecule has 68 valence electrons. The highest BCUT2D eigenvalue weighted by Crippen LogP contribution is 2.23. The van der Waals surface area contributed by atoms with Gasteiger partial charge in [-0.1, -0.05) is 12.1 Å². The Morgan fingerprint density at radius 2 is 2.69 bits per heavy atom. The molecular weight excluding hydrogens is 182 g/mol. The molecule has 2 rings (SSSR count). The van der Waals surface area contributed by atoms with Crippen LogP contribution < -0.4 is 0 Å². The Bertz CT molecular complexity index is 318. The van der Waals surface area contributed by atoms with Gasteiger partial charge in [-0.3, -0.25) is 9.69 Å². The second kappa shape index (κ2) is 3.44. The van der Waals surface area contributed by atoms with Crippen LogP contribution in [0, 0.1) is 0 Å². The largest absolute Gasteiger partial charge is 0.291 e. The summed E-state index contributed by atoms with van der Waals surface area (Å²) < 4.78 is 0. The zero-order valence-corrected chi connectivity index (χ0v) is 8.09. The molecule has 1 fully saturated rings. The molecule has 0 aliphatic carbocycles. The van der Waals surface area contributed by atoms with E-state index in [2.05, 4.69) is 11.5 Å². The first-order valence-corrected chi connectivity index (χ1v) is 5.13. The number of ketones is 1. The van der Waals surface area contributed by atoms with E-state index in [9.17, 15) is 4.79 Å². The third kappa shape index (κ3) is 1.71. The lowest BCUT2D eigenvalue weighted by Crippen LogP contribution is -2.11. The van der Waals surface area contributed by atoms with E-state index in [4.69, 9.17) is 0 Å². The lowest BCUT2D eigenvalue weighted by Gasteiger charge is -1.96. The van der Waals surface area contributed by atoms with Gasteiger partial charge in [0.2, 0.25) is 0 Å². The summed E-state index contributed by atoms with van der Waals surface area (Å²) in [5.41, 5.74) is 0. The van der Waals surface area contributed by atoms with E-state index in [-0.39, 0.29) is 11.8 Å². The predicted octanol–water partition coefficient (Wildman–Crippen LogP) is 1.80. The number of carbonyl (C=O) groups is 1. The van der Waals surface area contributed by atoms with Gasteiger partial charge in [-0.15, -0.1) is 17.9 Å². The summed E-state index contributed by atoms with van der Waals surface area (Å²) in [4.78, 5) is 14.7. The molecule has 2 heterocycles. The number of Topliss-reactive ketones (excluding diaryl/α,β-unsaturated/α-hetero) is 1. The topological polar surface area (TPSA) is 20.1 Å². The molecule has 1 aliphatic rings. The molecule has 0 aromatic carbocycles. The van der Waals surface area contributed by atoms with Crippen LogP contribution in [-0.4, -0.2) is 29.8 Å². The highest BCUT2D eigenvalue weighted by molar-refractivity contribution is 7.12. The maximum Gasteiger partial charge on any atom is 0.191 e. The van der Waals surface area contributed by atoms with Crippen LogP contribution in [0.4, 0.5) is 0 Å². The van der Waals surface area contributed by atoms with Crippen molar-refractivity contribution in [1.82, 2.24) is 4.90 Å². The molecular formula is C10H11NOS. The molecule has 0 N–H and O–H groups in total. The van der Waals surface area contributed by atoms with Gasteiger partial charge in [-0.25, -0.2) is 0 Å². The van der Waals surface area contributed by atoms with Gasteiger partial charge in [0, 0.05) is 13.1 Å². The third-order valence-electron chi connectivity index (χ3n) is 2.14. The van der Waals surface area contributed by atoms with Crippen LogP contribution in [0.15, 0.2) is 30.2 Å². The van der Waals surface area contributed by atoms with Crippen LogP contribution in [0.3, 0.4) is 0 Å². The van der Waals surface area contributed by atoms with Crippen LogP contribution in [0.5, 0.6) is 0 Å². The van der Waals surface area contributed by atoms with E-state index in [1.54, 1.807) is 0 Å². The summed E-state index contributed by atoms with van der Waals surface area (Å²) >= 11 is 1.52. The Morgan fingerprint density at radius 3 is 3.31 bits per heavy atom. The predicted molar refractivity (Wildman–Crippen MR) is 54.2 cm³/mol. The van der Waals surface area contributed by atoms with E-state index in [1.165, 1.54) is 11.3 Å². The average molecular weight is 193 g/mol. The van der Waals surface area contributed by atoms with Crippen molar-refractivity contribution < 1.29 is 4.79 Å². The molecule has 1 saturated heterocycles. The van der Waals surface area contributed by atoms with E-state index in [0.29, 0.717) is 0 Å². The lowest BCUT2D eigenvalue weighted by molar-refractivity contribution is 0.0980. The van der Waals surface area contributed by atoms with Crippen molar-refractivity contribution in [2.24, 2.45) is 0 Å². The Kier molecular flexibility index (Phi) is 2.29. The Labute approximate surface area is 81.5 Å². The Hall–Kier alpha value is -0.930. The fraction of sp³-hybridized carbons (Fsp3) is 0.300. The highest BCUT2D eigenvalue weighted by atomic mass is 32.1. The molecule has 0 spiro atoms. The van der Waals surface area contributed by atoms with Gasteiger partial charge in [0.05, 0.1) is 10.9 Å². The molecule has 13 heavy (non-hydrogen) atoms. The molecule has 0 bridgehead atoms. The summed E-state index contributed by atoms with van der Waals surface area (Å²) in [5, 5.41) is 1.94. The van der Waals surface area contributed by atoms with Gasteiger partial charge in [0.25, 0.3) is 0 Å². The zero-order chi connectivity index (χ0) is 9.26. The third-order valence-corrected chi connectivity index (χ3v) is 3.03. The normalized spacial score (nSPS) is 25.5. The van der Waals surface area contributed by atoms with Crippen LogP contribution in [-0.2, 0) is 0 Å². The van der Waals surface area contributed by atoms with Gasteiger partial charge in [0.1, 0.15) is 0 Å². The summed E-state index contributed by atoms with van der Waals surface area (Å²) in [7, 11) is 0. The quantitative estimate of drug-likeness (QED) is 0.413. The first-order chi connectivity index (χ1) is 6.33. The number of hydrogen-bond acceptors (Lipinski definition) is 3. The van der Waals surface area contributed by atoms with Gasteiger partial charge < -0.3 is 0 Å². The zero-order valence-electron chi connectivity index (χ0n) is 7.27. The van der Waals surface area contributed by atoms with Crippen LogP contribution in [0.25, 0.3) is 0 Å². The van der Waals surface area contributed by atoms with Crippen molar-refractivity contribution in [3.8, 4) is 0 Å². The number of thiophene rings is 1. The molecule has 1 aliphatic heterocycles. The fourth-order valence-electron chi connectivity index (χ4n) is 1.37. The highest BCUT2D eigenvalue weighted by Gasteiger charge is 2.39. The van der Waals surface area contributed by atoms with E-state index in [0.717, 1.165) is 18.0 Å². The first kappa shape index (κ1) is 8.66. The van der Waals surface area contributed by atoms with Crippen molar-refractivity contribution in [1.29, 1.82) is 0 Å². The van der Waals surface area contributed by atoms with Gasteiger partial charge in [-0.05, 0) is 11.4 Å². The van der Waals surface area contributed by atoms with Crippen molar-refractivity contribution >= 4 is 17.1 Å². The minimum atomic E-state index is 0.122. The summed E-state index contributed by atoms with van der Waals surface area (Å²) in [5.74, 6) is 0.261. The Balaban J connectivity index is 1.97. The van der Waals surface area contributed by atoms with E-state index < -0.39 is 0 Å². The molecule has 1 aromatic rings. The molecule has 1 aromatic heterocycles. The van der Waals surface area contributed by atoms with Crippen molar-refractivity contribution in [3.05, 3.63) is 35.0 Å². The maximum absolute atomic E-state index is 11.7. The minimum Gasteiger partial charge on any atom is -0.291 e. The maximum atomic E-state index is 11.7. The average Bonchev–Trinajstić information content (AvgIpc) is 2.67. The lowest BCUT2D eigenvalue weighted by atomic mass is 10.2. The summed E-state index contributed by atoms with van der Waals surface area (Å²) in [6, 6.07) is 3.92. The van der Waals surface area contributed by atoms with Crippen LogP contribution in [0.2, 0.25) is 0 Å². The smallest absolute Gasteiger partial charge is 0.191 e. The monoisotopic (exact) mass is 193 g/mol. The number of nitrogens with zero attached hydrogens (tertiary/aromatic N) is 1. The van der Waals surface area contributed by atoms with Crippen molar-refractivity contribution in [2.45, 2.75) is 6.04 Å². The number of carbonyl (C=O) groups excluding carboxylic acids is 1. The first-order valence-electron chi connectivity index (χ1n) is 4.25. The number of hydrogen-bond donors (Lipinski definition) is 0. The fourth-order valence-corrected chi connectivity index (χ4v) is 2.09. The molecule has 2 atom stereocenters. The second-order valence-corrected chi connectivity index (χ2v) is 4.05. The molecule has 0 saturated carbocycles. The van der Waals surface area contributed by atoms with Crippen LogP contribution in [0.1, 0.15) is 9.67 Å². The van der Waals surface area contributed by atoms with E-state index >= 15 is 0 Å². The van der Waals surface area contributed by atoms with Gasteiger partial charge >= 0.3 is 0 Å². The molecule has 2 nitrogen and oxygen atoms in total. The SMILES string of the molecule is C=CCN1CC1C(=O)c1cccs1. The van der Waals surface area contributed by atoms with Crippen molar-refractivity contribution in [3.63, 3.8) is 0 Å².